The molecule has 0 saturated heterocycles. The van der Waals surface area contributed by atoms with E-state index in [0.717, 1.165) is 0 Å². The first-order valence-corrected chi connectivity index (χ1v) is 4.35. The molecule has 0 aromatic heterocycles. The normalized spacial score (nSPS) is 13.7. The van der Waals surface area contributed by atoms with Crippen LogP contribution in [0.25, 0.3) is 0 Å². The molecule has 0 aromatic rings. The molecule has 0 unspecified atom stereocenters. The van der Waals surface area contributed by atoms with E-state index in [9.17, 15) is 4.79 Å². The minimum absolute atomic E-state index is 0.0369. The molecule has 0 rings (SSSR count). The van der Waals surface area contributed by atoms with E-state index in [0.29, 0.717) is 0 Å². The zero-order valence-electron chi connectivity index (χ0n) is 9.36. The van der Waals surface area contributed by atoms with Crippen LogP contribution in [0.5, 0.6) is 0 Å². The first-order valence-electron chi connectivity index (χ1n) is 4.35. The van der Waals surface area contributed by atoms with Crippen LogP contribution >= 0.6 is 0 Å². The molecule has 0 heterocycles. The van der Waals surface area contributed by atoms with Gasteiger partial charge in [-0.1, -0.05) is 0 Å². The van der Waals surface area contributed by atoms with Crippen molar-refractivity contribution in [1.82, 2.24) is 4.90 Å². The van der Waals surface area contributed by atoms with E-state index in [4.69, 9.17) is 0 Å². The van der Waals surface area contributed by atoms with Gasteiger partial charge in [-0.25, -0.2) is 0 Å². The molecule has 0 radical (unpaired) electrons. The van der Waals surface area contributed by atoms with Gasteiger partial charge in [0, 0.05) is 5.54 Å². The van der Waals surface area contributed by atoms with Crippen molar-refractivity contribution in [2.75, 3.05) is 7.05 Å². The topological polar surface area (TPSA) is 20.3 Å². The summed E-state index contributed by atoms with van der Waals surface area (Å²) in [5.74, 6) is 0.208. The number of carbonyl (C=O) groups excluding carboxylic acids is 1. The van der Waals surface area contributed by atoms with Crippen molar-refractivity contribution >= 4 is 5.78 Å². The Labute approximate surface area is 75.9 Å². The molecule has 0 amide bonds. The third-order valence-corrected chi connectivity index (χ3v) is 2.71. The van der Waals surface area contributed by atoms with Gasteiger partial charge >= 0.3 is 0 Å². The molecule has 0 aliphatic rings. The predicted octanol–water partition coefficient (Wildman–Crippen LogP) is 2.08. The molecule has 0 N–H and O–H groups in total. The van der Waals surface area contributed by atoms with E-state index in [1.165, 1.54) is 0 Å². The number of nitrogens with zero attached hydrogens (tertiary/aromatic N) is 1. The van der Waals surface area contributed by atoms with Gasteiger partial charge in [-0.05, 0) is 48.6 Å². The SMILES string of the molecule is CC(=O)C(C)(C)N(C)C(C)(C)C. The van der Waals surface area contributed by atoms with Crippen LogP contribution in [-0.4, -0.2) is 28.8 Å². The highest BCUT2D eigenvalue weighted by atomic mass is 16.1. The quantitative estimate of drug-likeness (QED) is 0.634. The summed E-state index contributed by atoms with van der Waals surface area (Å²) in [6, 6.07) is 0. The van der Waals surface area contributed by atoms with Gasteiger partial charge in [-0.15, -0.1) is 0 Å². The van der Waals surface area contributed by atoms with E-state index in [1.807, 2.05) is 20.9 Å². The lowest BCUT2D eigenvalue weighted by Gasteiger charge is -2.42. The van der Waals surface area contributed by atoms with Crippen LogP contribution in [0, 0.1) is 0 Å². The van der Waals surface area contributed by atoms with Crippen molar-refractivity contribution in [2.45, 2.75) is 52.6 Å². The van der Waals surface area contributed by atoms with Crippen LogP contribution in [-0.2, 0) is 4.79 Å². The molecule has 72 valence electrons. The first-order chi connectivity index (χ1) is 5.10. The number of rotatable bonds is 2. The Morgan fingerprint density at radius 3 is 1.50 bits per heavy atom. The van der Waals surface area contributed by atoms with Gasteiger partial charge in [0.15, 0.2) is 0 Å². The summed E-state index contributed by atoms with van der Waals surface area (Å²) in [7, 11) is 1.99. The van der Waals surface area contributed by atoms with Gasteiger partial charge in [-0.2, -0.15) is 0 Å². The largest absolute Gasteiger partial charge is 0.298 e. The second-order valence-corrected chi connectivity index (χ2v) is 4.85. The Hall–Kier alpha value is -0.370. The summed E-state index contributed by atoms with van der Waals surface area (Å²) in [6.07, 6.45) is 0. The van der Waals surface area contributed by atoms with E-state index >= 15 is 0 Å². The highest BCUT2D eigenvalue weighted by molar-refractivity contribution is 5.85. The van der Waals surface area contributed by atoms with Gasteiger partial charge < -0.3 is 0 Å². The zero-order valence-corrected chi connectivity index (χ0v) is 9.36. The van der Waals surface area contributed by atoms with E-state index in [2.05, 4.69) is 25.7 Å². The molecular weight excluding hydrogens is 150 g/mol. The van der Waals surface area contributed by atoms with Crippen LogP contribution in [0.3, 0.4) is 0 Å². The lowest BCUT2D eigenvalue weighted by atomic mass is 9.92. The molecule has 2 nitrogen and oxygen atoms in total. The van der Waals surface area contributed by atoms with Crippen LogP contribution in [0.15, 0.2) is 0 Å². The molecule has 0 aliphatic carbocycles. The minimum Gasteiger partial charge on any atom is -0.298 e. The van der Waals surface area contributed by atoms with Crippen molar-refractivity contribution in [3.05, 3.63) is 0 Å². The van der Waals surface area contributed by atoms with E-state index in [1.54, 1.807) is 6.92 Å². The molecule has 12 heavy (non-hydrogen) atoms. The average Bonchev–Trinajstić information content (AvgIpc) is 1.83. The fourth-order valence-electron chi connectivity index (χ4n) is 1.07. The van der Waals surface area contributed by atoms with Crippen LogP contribution in [0.2, 0.25) is 0 Å². The summed E-state index contributed by atoms with van der Waals surface area (Å²) >= 11 is 0. The third kappa shape index (κ3) is 2.31. The van der Waals surface area contributed by atoms with Crippen molar-refractivity contribution < 1.29 is 4.79 Å². The smallest absolute Gasteiger partial charge is 0.149 e. The number of ketones is 1. The lowest BCUT2D eigenvalue weighted by molar-refractivity contribution is -0.129. The summed E-state index contributed by atoms with van der Waals surface area (Å²) < 4.78 is 0. The molecule has 0 saturated carbocycles. The van der Waals surface area contributed by atoms with Gasteiger partial charge in [0.1, 0.15) is 5.78 Å². The second-order valence-electron chi connectivity index (χ2n) is 4.85. The van der Waals surface area contributed by atoms with Crippen molar-refractivity contribution in [3.8, 4) is 0 Å². The highest BCUT2D eigenvalue weighted by Crippen LogP contribution is 2.23. The third-order valence-electron chi connectivity index (χ3n) is 2.71. The standard InChI is InChI=1S/C10H21NO/c1-8(12)10(5,6)11(7)9(2,3)4/h1-7H3. The predicted molar refractivity (Wildman–Crippen MR) is 52.3 cm³/mol. The summed E-state index contributed by atoms with van der Waals surface area (Å²) in [5, 5.41) is 0. The average molecular weight is 171 g/mol. The number of Topliss-reactive ketones (excluding diaryl/α,β-unsaturated/α-hetero) is 1. The minimum atomic E-state index is -0.363. The van der Waals surface area contributed by atoms with Crippen molar-refractivity contribution in [1.29, 1.82) is 0 Å². The lowest BCUT2D eigenvalue weighted by Crippen LogP contribution is -2.55. The maximum Gasteiger partial charge on any atom is 0.149 e. The Kier molecular flexibility index (Phi) is 3.07. The maximum absolute atomic E-state index is 11.3. The summed E-state index contributed by atoms with van der Waals surface area (Å²) in [5.41, 5.74) is -0.326. The summed E-state index contributed by atoms with van der Waals surface area (Å²) in [6.45, 7) is 11.9. The summed E-state index contributed by atoms with van der Waals surface area (Å²) in [4.78, 5) is 13.4. The van der Waals surface area contributed by atoms with Crippen molar-refractivity contribution in [3.63, 3.8) is 0 Å². The monoisotopic (exact) mass is 171 g/mol. The maximum atomic E-state index is 11.3. The Morgan fingerprint density at radius 2 is 1.42 bits per heavy atom. The molecule has 0 aromatic carbocycles. The van der Waals surface area contributed by atoms with Crippen LogP contribution in [0.1, 0.15) is 41.5 Å². The molecule has 0 atom stereocenters. The van der Waals surface area contributed by atoms with Gasteiger partial charge in [0.2, 0.25) is 0 Å². The van der Waals surface area contributed by atoms with Gasteiger partial charge in [0.05, 0.1) is 5.54 Å². The second kappa shape index (κ2) is 3.17. The number of carbonyl (C=O) groups is 1. The number of likely N-dealkylation sites (N-methyl/N-ethyl adjacent to an activating group) is 1. The van der Waals surface area contributed by atoms with Crippen LogP contribution < -0.4 is 0 Å². The fraction of sp³-hybridized carbons (Fsp3) is 0.900. The number of hydrogen-bond donors (Lipinski definition) is 0. The Morgan fingerprint density at radius 1 is 1.08 bits per heavy atom. The first kappa shape index (κ1) is 11.6. The van der Waals surface area contributed by atoms with Gasteiger partial charge in [0.25, 0.3) is 0 Å². The Balaban J connectivity index is 4.69. The van der Waals surface area contributed by atoms with Gasteiger partial charge in [-0.3, -0.25) is 9.69 Å². The van der Waals surface area contributed by atoms with Crippen molar-refractivity contribution in [2.24, 2.45) is 0 Å². The molecule has 0 spiro atoms. The molecule has 0 bridgehead atoms. The molecular formula is C10H21NO. The van der Waals surface area contributed by atoms with Crippen LogP contribution in [0.4, 0.5) is 0 Å². The fourth-order valence-corrected chi connectivity index (χ4v) is 1.07. The highest BCUT2D eigenvalue weighted by Gasteiger charge is 2.35. The molecule has 2 heteroatoms. The van der Waals surface area contributed by atoms with E-state index in [-0.39, 0.29) is 16.9 Å². The molecule has 0 fully saturated rings. The Bertz CT molecular complexity index is 177. The van der Waals surface area contributed by atoms with E-state index < -0.39 is 0 Å². The molecule has 0 aliphatic heterocycles. The zero-order chi connectivity index (χ0) is 10.2. The number of hydrogen-bond acceptors (Lipinski definition) is 2.